The van der Waals surface area contributed by atoms with Crippen LogP contribution >= 0.6 is 15.9 Å². The Bertz CT molecular complexity index is 407. The summed E-state index contributed by atoms with van der Waals surface area (Å²) in [6.07, 6.45) is 6.59. The van der Waals surface area contributed by atoms with Crippen molar-refractivity contribution in [3.05, 3.63) is 34.1 Å². The number of benzene rings is 1. The summed E-state index contributed by atoms with van der Waals surface area (Å²) in [5, 5.41) is 0. The number of hydrogen-bond donors (Lipinski definition) is 1. The summed E-state index contributed by atoms with van der Waals surface area (Å²) in [7, 11) is 0. The molecule has 0 bridgehead atoms. The molecule has 1 fully saturated rings. The fourth-order valence-electron chi connectivity index (χ4n) is 2.52. The van der Waals surface area contributed by atoms with E-state index < -0.39 is 0 Å². The van der Waals surface area contributed by atoms with Gasteiger partial charge in [-0.25, -0.2) is 4.39 Å². The minimum absolute atomic E-state index is 0.0589. The van der Waals surface area contributed by atoms with E-state index >= 15 is 0 Å². The summed E-state index contributed by atoms with van der Waals surface area (Å²) in [6, 6.07) is 4.81. The Morgan fingerprint density at radius 2 is 2.26 bits per heavy atom. The summed E-state index contributed by atoms with van der Waals surface area (Å²) in [6.45, 7) is 0.884. The highest BCUT2D eigenvalue weighted by molar-refractivity contribution is 9.10. The molecule has 2 N–H and O–H groups in total. The van der Waals surface area contributed by atoms with Crippen molar-refractivity contribution in [3.8, 4) is 0 Å². The number of rotatable bonds is 5. The molecule has 0 spiro atoms. The van der Waals surface area contributed by atoms with Gasteiger partial charge in [-0.1, -0.05) is 15.9 Å². The van der Waals surface area contributed by atoms with Gasteiger partial charge in [0.2, 0.25) is 0 Å². The van der Waals surface area contributed by atoms with Crippen molar-refractivity contribution in [1.29, 1.82) is 0 Å². The Morgan fingerprint density at radius 1 is 1.42 bits per heavy atom. The summed E-state index contributed by atoms with van der Waals surface area (Å²) in [4.78, 5) is 0. The largest absolute Gasteiger partial charge is 0.378 e. The topological polar surface area (TPSA) is 35.2 Å². The van der Waals surface area contributed by atoms with Gasteiger partial charge in [0.05, 0.1) is 6.10 Å². The zero-order chi connectivity index (χ0) is 13.7. The maximum Gasteiger partial charge on any atom is 0.123 e. The van der Waals surface area contributed by atoms with Crippen LogP contribution in [0.4, 0.5) is 4.39 Å². The van der Waals surface area contributed by atoms with Crippen LogP contribution in [0.1, 0.15) is 37.7 Å². The van der Waals surface area contributed by atoms with Crippen LogP contribution in [-0.4, -0.2) is 18.8 Å². The number of nitrogens with two attached hydrogens (primary N) is 1. The molecule has 19 heavy (non-hydrogen) atoms. The zero-order valence-corrected chi connectivity index (χ0v) is 12.7. The monoisotopic (exact) mass is 329 g/mol. The van der Waals surface area contributed by atoms with Crippen LogP contribution < -0.4 is 5.73 Å². The molecule has 0 saturated carbocycles. The second kappa shape index (κ2) is 7.36. The van der Waals surface area contributed by atoms with Gasteiger partial charge < -0.3 is 10.5 Å². The third kappa shape index (κ3) is 4.86. The maximum absolute atomic E-state index is 13.2. The quantitative estimate of drug-likeness (QED) is 0.891. The van der Waals surface area contributed by atoms with Crippen LogP contribution in [0.2, 0.25) is 0 Å². The molecule has 0 aromatic heterocycles. The Morgan fingerprint density at radius 3 is 3.00 bits per heavy atom. The number of ether oxygens (including phenoxy) is 1. The van der Waals surface area contributed by atoms with E-state index in [4.69, 9.17) is 10.5 Å². The lowest BCUT2D eigenvalue weighted by molar-refractivity contribution is 0.00915. The Labute approximate surface area is 122 Å². The molecule has 4 heteroatoms. The predicted octanol–water partition coefficient (Wildman–Crippen LogP) is 3.81. The molecule has 0 radical (unpaired) electrons. The first-order valence-electron chi connectivity index (χ1n) is 6.96. The molecule has 1 aliphatic heterocycles. The van der Waals surface area contributed by atoms with Gasteiger partial charge in [-0.3, -0.25) is 0 Å². The molecule has 1 aromatic carbocycles. The highest BCUT2D eigenvalue weighted by atomic mass is 79.9. The summed E-state index contributed by atoms with van der Waals surface area (Å²) in [5.41, 5.74) is 7.08. The van der Waals surface area contributed by atoms with Crippen LogP contribution in [0.15, 0.2) is 22.7 Å². The minimum Gasteiger partial charge on any atom is -0.378 e. The van der Waals surface area contributed by atoms with Crippen molar-refractivity contribution < 1.29 is 9.13 Å². The molecule has 0 aliphatic carbocycles. The van der Waals surface area contributed by atoms with E-state index in [9.17, 15) is 4.39 Å². The molecule has 2 unspecified atom stereocenters. The Kier molecular flexibility index (Phi) is 5.79. The first-order valence-corrected chi connectivity index (χ1v) is 7.75. The number of halogens is 2. The normalized spacial score (nSPS) is 21.3. The third-order valence-corrected chi connectivity index (χ3v) is 4.40. The standard InChI is InChI=1S/C15H21BrFNO/c16-15-7-4-12(17)9-11(15)10-13(18)5-6-14-3-1-2-8-19-14/h4,7,9,13-14H,1-3,5-6,8,10,18H2. The van der Waals surface area contributed by atoms with Crippen LogP contribution in [0, 0.1) is 5.82 Å². The van der Waals surface area contributed by atoms with Crippen LogP contribution in [-0.2, 0) is 11.2 Å². The lowest BCUT2D eigenvalue weighted by Crippen LogP contribution is -2.27. The summed E-state index contributed by atoms with van der Waals surface area (Å²) >= 11 is 3.44. The highest BCUT2D eigenvalue weighted by Crippen LogP contribution is 2.22. The number of hydrogen-bond acceptors (Lipinski definition) is 2. The molecule has 1 aromatic rings. The van der Waals surface area contributed by atoms with E-state index in [0.29, 0.717) is 12.5 Å². The average Bonchev–Trinajstić information content (AvgIpc) is 2.42. The molecule has 2 nitrogen and oxygen atoms in total. The van der Waals surface area contributed by atoms with Crippen molar-refractivity contribution in [3.63, 3.8) is 0 Å². The van der Waals surface area contributed by atoms with Gasteiger partial charge in [0.25, 0.3) is 0 Å². The second-order valence-corrected chi connectivity index (χ2v) is 6.12. The highest BCUT2D eigenvalue weighted by Gasteiger charge is 2.16. The van der Waals surface area contributed by atoms with Crippen molar-refractivity contribution in [2.75, 3.05) is 6.61 Å². The molecule has 0 amide bonds. The molecule has 1 saturated heterocycles. The predicted molar refractivity (Wildman–Crippen MR) is 78.6 cm³/mol. The minimum atomic E-state index is -0.207. The van der Waals surface area contributed by atoms with Crippen molar-refractivity contribution >= 4 is 15.9 Å². The Hall–Kier alpha value is -0.450. The molecule has 106 valence electrons. The van der Waals surface area contributed by atoms with E-state index in [1.165, 1.54) is 18.9 Å². The SMILES string of the molecule is NC(CCC1CCCCO1)Cc1cc(F)ccc1Br. The van der Waals surface area contributed by atoms with Gasteiger partial charge in [0.1, 0.15) is 5.82 Å². The van der Waals surface area contributed by atoms with E-state index in [2.05, 4.69) is 15.9 Å². The van der Waals surface area contributed by atoms with Gasteiger partial charge >= 0.3 is 0 Å². The molecule has 1 heterocycles. The molecular formula is C15H21BrFNO. The van der Waals surface area contributed by atoms with Crippen LogP contribution in [0.25, 0.3) is 0 Å². The van der Waals surface area contributed by atoms with Gasteiger partial charge in [0, 0.05) is 17.1 Å². The summed E-state index contributed by atoms with van der Waals surface area (Å²) in [5.74, 6) is -0.207. The second-order valence-electron chi connectivity index (χ2n) is 5.27. The van der Waals surface area contributed by atoms with E-state index in [-0.39, 0.29) is 11.9 Å². The molecule has 1 aliphatic rings. The van der Waals surface area contributed by atoms with Crippen molar-refractivity contribution in [2.45, 2.75) is 50.7 Å². The smallest absolute Gasteiger partial charge is 0.123 e. The maximum atomic E-state index is 13.2. The van der Waals surface area contributed by atoms with Gasteiger partial charge in [-0.2, -0.15) is 0 Å². The van der Waals surface area contributed by atoms with Crippen molar-refractivity contribution in [2.24, 2.45) is 5.73 Å². The fourth-order valence-corrected chi connectivity index (χ4v) is 2.93. The fraction of sp³-hybridized carbons (Fsp3) is 0.600. The van der Waals surface area contributed by atoms with E-state index in [1.54, 1.807) is 12.1 Å². The van der Waals surface area contributed by atoms with Gasteiger partial charge in [-0.05, 0) is 62.3 Å². The third-order valence-electron chi connectivity index (χ3n) is 3.62. The Balaban J connectivity index is 1.80. The van der Waals surface area contributed by atoms with E-state index in [0.717, 1.165) is 35.9 Å². The first kappa shape index (κ1) is 14.9. The lowest BCUT2D eigenvalue weighted by atomic mass is 9.98. The average molecular weight is 330 g/mol. The van der Waals surface area contributed by atoms with Crippen molar-refractivity contribution in [1.82, 2.24) is 0 Å². The van der Waals surface area contributed by atoms with Crippen LogP contribution in [0.5, 0.6) is 0 Å². The van der Waals surface area contributed by atoms with Gasteiger partial charge in [0.15, 0.2) is 0 Å². The van der Waals surface area contributed by atoms with Gasteiger partial charge in [-0.15, -0.1) is 0 Å². The molecular weight excluding hydrogens is 309 g/mol. The van der Waals surface area contributed by atoms with Crippen LogP contribution in [0.3, 0.4) is 0 Å². The zero-order valence-electron chi connectivity index (χ0n) is 11.1. The molecule has 2 atom stereocenters. The lowest BCUT2D eigenvalue weighted by Gasteiger charge is -2.23. The summed E-state index contributed by atoms with van der Waals surface area (Å²) < 4.78 is 19.8. The molecule has 2 rings (SSSR count). The first-order chi connectivity index (χ1) is 9.15. The van der Waals surface area contributed by atoms with E-state index in [1.807, 2.05) is 0 Å².